The third-order valence-corrected chi connectivity index (χ3v) is 10.5. The van der Waals surface area contributed by atoms with Crippen LogP contribution in [0, 0.1) is 11.6 Å². The molecule has 1 amide bonds. The highest BCUT2D eigenvalue weighted by Gasteiger charge is 2.38. The molecule has 1 fully saturated rings. The Balaban J connectivity index is 1.46. The van der Waals surface area contributed by atoms with Crippen LogP contribution in [0.1, 0.15) is 36.0 Å². The van der Waals surface area contributed by atoms with E-state index in [1.165, 1.54) is 28.6 Å². The molecule has 0 aliphatic carbocycles. The van der Waals surface area contributed by atoms with Crippen LogP contribution in [0.25, 0.3) is 0 Å². The number of primary amides is 1. The summed E-state index contributed by atoms with van der Waals surface area (Å²) in [5.74, 6) is -2.45. The zero-order valence-electron chi connectivity index (χ0n) is 24.7. The highest BCUT2D eigenvalue weighted by molar-refractivity contribution is 7.89. The topological polar surface area (TPSA) is 105 Å². The Bertz CT molecular complexity index is 1740. The molecule has 0 unspecified atom stereocenters. The zero-order valence-corrected chi connectivity index (χ0v) is 26.2. The van der Waals surface area contributed by atoms with Gasteiger partial charge in [0.25, 0.3) is 0 Å². The summed E-state index contributed by atoms with van der Waals surface area (Å²) in [4.78, 5) is 13.2. The van der Waals surface area contributed by atoms with E-state index in [0.29, 0.717) is 41.3 Å². The monoisotopic (exact) mass is 652 g/mol. The molecule has 1 aliphatic rings. The second-order valence-corrected chi connectivity index (χ2v) is 13.5. The Labute approximate surface area is 267 Å². The highest BCUT2D eigenvalue weighted by atomic mass is 35.5. The number of anilines is 1. The predicted octanol–water partition coefficient (Wildman–Crippen LogP) is 5.70. The van der Waals surface area contributed by atoms with E-state index in [-0.39, 0.29) is 22.9 Å². The summed E-state index contributed by atoms with van der Waals surface area (Å²) in [6.45, 7) is 2.73. The largest absolute Gasteiger partial charge is 0.373 e. The van der Waals surface area contributed by atoms with Crippen molar-refractivity contribution < 1.29 is 22.0 Å². The number of nitrogens with zero attached hydrogens (tertiary/aromatic N) is 1. The fraction of sp³-hybridized carbons (Fsp3) is 0.265. The van der Waals surface area contributed by atoms with Gasteiger partial charge in [-0.2, -0.15) is 4.31 Å². The molecule has 11 heteroatoms. The average molecular weight is 653 g/mol. The number of halogens is 3. The normalized spacial score (nSPS) is 18.7. The van der Waals surface area contributed by atoms with E-state index in [9.17, 15) is 17.6 Å². The van der Waals surface area contributed by atoms with Crippen molar-refractivity contribution in [1.82, 2.24) is 9.62 Å². The van der Waals surface area contributed by atoms with Crippen LogP contribution in [0.4, 0.5) is 14.5 Å². The molecular formula is C34H35ClF2N4O3S. The number of rotatable bonds is 11. The van der Waals surface area contributed by atoms with Gasteiger partial charge >= 0.3 is 0 Å². The second kappa shape index (κ2) is 14.1. The van der Waals surface area contributed by atoms with Gasteiger partial charge in [-0.15, -0.1) is 0 Å². The molecule has 0 saturated carbocycles. The zero-order chi connectivity index (χ0) is 32.1. The van der Waals surface area contributed by atoms with Crippen LogP contribution >= 0.6 is 11.6 Å². The minimum atomic E-state index is -3.81. The number of nitrogens with one attached hydrogen (secondary N) is 2. The first-order chi connectivity index (χ1) is 21.6. The lowest BCUT2D eigenvalue weighted by Gasteiger charge is -2.40. The summed E-state index contributed by atoms with van der Waals surface area (Å²) >= 11 is 6.12. The van der Waals surface area contributed by atoms with Crippen LogP contribution in [0.2, 0.25) is 5.02 Å². The Morgan fingerprint density at radius 1 is 0.978 bits per heavy atom. The lowest BCUT2D eigenvalue weighted by atomic mass is 9.84. The van der Waals surface area contributed by atoms with Crippen molar-refractivity contribution in [2.75, 3.05) is 18.4 Å². The van der Waals surface area contributed by atoms with Crippen molar-refractivity contribution in [3.8, 4) is 0 Å². The van der Waals surface area contributed by atoms with Gasteiger partial charge < -0.3 is 16.4 Å². The van der Waals surface area contributed by atoms with Crippen LogP contribution < -0.4 is 16.4 Å². The van der Waals surface area contributed by atoms with Gasteiger partial charge in [0.15, 0.2) is 0 Å². The van der Waals surface area contributed by atoms with Crippen molar-refractivity contribution in [2.45, 2.75) is 48.7 Å². The standard InChI is InChI=1S/C34H35ClF2N4O3S/c1-22-20-39-21-27(41(22)45(43,44)28-9-3-2-4-10-28)17-18-29-30(37)11-6-12-31(29)40-33(34(38)42)32(23-13-15-25(35)16-14-23)24-7-5-8-26(36)19-24/h2-16,19,22,27,32-33,39-40H,17-18,20-21H2,1H3,(H2,38,42)/t22-,27-,32-,33-/m0/s1. The molecular weight excluding hydrogens is 618 g/mol. The minimum Gasteiger partial charge on any atom is -0.373 e. The first-order valence-corrected chi connectivity index (χ1v) is 16.5. The fourth-order valence-corrected chi connectivity index (χ4v) is 8.06. The smallest absolute Gasteiger partial charge is 0.243 e. The van der Waals surface area contributed by atoms with Gasteiger partial charge in [0, 0.05) is 47.4 Å². The molecule has 0 radical (unpaired) electrons. The van der Waals surface area contributed by atoms with Crippen molar-refractivity contribution in [1.29, 1.82) is 0 Å². The lowest BCUT2D eigenvalue weighted by molar-refractivity contribution is -0.119. The molecule has 1 heterocycles. The maximum atomic E-state index is 15.5. The minimum absolute atomic E-state index is 0.173. The quantitative estimate of drug-likeness (QED) is 0.193. The molecule has 45 heavy (non-hydrogen) atoms. The number of carbonyl (C=O) groups excluding carboxylic acids is 1. The number of benzene rings is 4. The molecule has 7 nitrogen and oxygen atoms in total. The Hall–Kier alpha value is -3.83. The van der Waals surface area contributed by atoms with Crippen molar-refractivity contribution in [2.24, 2.45) is 5.73 Å². The van der Waals surface area contributed by atoms with Gasteiger partial charge in [0.2, 0.25) is 15.9 Å². The van der Waals surface area contributed by atoms with Crippen molar-refractivity contribution in [3.05, 3.63) is 130 Å². The highest BCUT2D eigenvalue weighted by Crippen LogP contribution is 2.34. The Morgan fingerprint density at radius 3 is 2.38 bits per heavy atom. The van der Waals surface area contributed by atoms with Gasteiger partial charge in [-0.25, -0.2) is 17.2 Å². The molecule has 236 valence electrons. The molecule has 0 spiro atoms. The summed E-state index contributed by atoms with van der Waals surface area (Å²) in [5.41, 5.74) is 7.72. The third kappa shape index (κ3) is 7.36. The Kier molecular flexibility index (Phi) is 10.2. The van der Waals surface area contributed by atoms with E-state index < -0.39 is 45.6 Å². The number of nitrogens with two attached hydrogens (primary N) is 1. The molecule has 1 saturated heterocycles. The first kappa shape index (κ1) is 32.6. The van der Waals surface area contributed by atoms with Gasteiger partial charge in [0.1, 0.15) is 17.7 Å². The van der Waals surface area contributed by atoms with Gasteiger partial charge in [-0.05, 0) is 79.4 Å². The van der Waals surface area contributed by atoms with E-state index in [0.717, 1.165) is 0 Å². The maximum absolute atomic E-state index is 15.5. The van der Waals surface area contributed by atoms with Crippen LogP contribution in [-0.4, -0.2) is 49.8 Å². The van der Waals surface area contributed by atoms with E-state index in [1.54, 1.807) is 72.8 Å². The van der Waals surface area contributed by atoms with Crippen LogP contribution in [0.15, 0.2) is 102 Å². The number of hydrogen-bond donors (Lipinski definition) is 3. The number of piperazine rings is 1. The SMILES string of the molecule is C[C@H]1CNC[C@H](CCc2c(F)cccc2N[C@H](C(N)=O)[C@@H](c2ccc(Cl)cc2)c2cccc(F)c2)N1S(=O)(=O)c1ccccc1. The van der Waals surface area contributed by atoms with Gasteiger partial charge in [-0.1, -0.05) is 60.1 Å². The van der Waals surface area contributed by atoms with Gasteiger partial charge in [-0.3, -0.25) is 4.79 Å². The average Bonchev–Trinajstić information content (AvgIpc) is 3.01. The third-order valence-electron chi connectivity index (χ3n) is 8.17. The predicted molar refractivity (Wildman–Crippen MR) is 173 cm³/mol. The summed E-state index contributed by atoms with van der Waals surface area (Å²) in [7, 11) is -3.81. The molecule has 4 aromatic rings. The molecule has 4 N–H and O–H groups in total. The number of amides is 1. The summed E-state index contributed by atoms with van der Waals surface area (Å²) in [6.07, 6.45) is 0.483. The summed E-state index contributed by atoms with van der Waals surface area (Å²) in [5, 5.41) is 6.95. The second-order valence-electron chi connectivity index (χ2n) is 11.2. The summed E-state index contributed by atoms with van der Waals surface area (Å²) < 4.78 is 58.8. The lowest BCUT2D eigenvalue weighted by Crippen LogP contribution is -2.58. The van der Waals surface area contributed by atoms with Crippen molar-refractivity contribution >= 4 is 33.2 Å². The van der Waals surface area contributed by atoms with Crippen LogP contribution in [0.5, 0.6) is 0 Å². The molecule has 1 aliphatic heterocycles. The van der Waals surface area contributed by atoms with Crippen LogP contribution in [0.3, 0.4) is 0 Å². The Morgan fingerprint density at radius 2 is 1.69 bits per heavy atom. The first-order valence-electron chi connectivity index (χ1n) is 14.7. The van der Waals surface area contributed by atoms with Crippen LogP contribution in [-0.2, 0) is 21.2 Å². The molecule has 4 aromatic carbocycles. The van der Waals surface area contributed by atoms with E-state index in [4.69, 9.17) is 17.3 Å². The molecule has 0 bridgehead atoms. The maximum Gasteiger partial charge on any atom is 0.243 e. The molecule has 0 aromatic heterocycles. The van der Waals surface area contributed by atoms with Crippen molar-refractivity contribution in [3.63, 3.8) is 0 Å². The van der Waals surface area contributed by atoms with E-state index >= 15 is 4.39 Å². The summed E-state index contributed by atoms with van der Waals surface area (Å²) in [6, 6.07) is 23.6. The fourth-order valence-electron chi connectivity index (χ4n) is 6.07. The van der Waals surface area contributed by atoms with Gasteiger partial charge in [0.05, 0.1) is 4.90 Å². The number of sulfonamides is 1. The van der Waals surface area contributed by atoms with E-state index in [1.807, 2.05) is 6.92 Å². The molecule has 5 rings (SSSR count). The number of carbonyl (C=O) groups is 1. The number of hydrogen-bond acceptors (Lipinski definition) is 5. The van der Waals surface area contributed by atoms with E-state index in [2.05, 4.69) is 10.6 Å². The molecule has 4 atom stereocenters.